The first kappa shape index (κ1) is 22.1. The number of likely N-dealkylation sites (N-methyl/N-ethyl adjacent to an activating group) is 1. The Balaban J connectivity index is 1.86. The maximum absolute atomic E-state index is 13.3. The molecule has 0 spiro atoms. The van der Waals surface area contributed by atoms with Crippen LogP contribution in [0.15, 0.2) is 91.0 Å². The van der Waals surface area contributed by atoms with Gasteiger partial charge < -0.3 is 15.0 Å². The SMILES string of the molecule is CCNC(=O)[C@@H](Cc1ccccc1)N(Cc1ccccc1)C(=O)COc1ccccc1. The summed E-state index contributed by atoms with van der Waals surface area (Å²) in [6, 6.07) is 28.0. The van der Waals surface area contributed by atoms with E-state index in [9.17, 15) is 9.59 Å². The van der Waals surface area contributed by atoms with Gasteiger partial charge in [0.1, 0.15) is 11.8 Å². The lowest BCUT2D eigenvalue weighted by Gasteiger charge is -2.31. The van der Waals surface area contributed by atoms with Crippen molar-refractivity contribution >= 4 is 11.8 Å². The van der Waals surface area contributed by atoms with E-state index < -0.39 is 6.04 Å². The van der Waals surface area contributed by atoms with Crippen molar-refractivity contribution < 1.29 is 14.3 Å². The van der Waals surface area contributed by atoms with E-state index in [-0.39, 0.29) is 18.4 Å². The van der Waals surface area contributed by atoms with Crippen molar-refractivity contribution in [1.82, 2.24) is 10.2 Å². The fraction of sp³-hybridized carbons (Fsp3) is 0.231. The van der Waals surface area contributed by atoms with Gasteiger partial charge in [0.25, 0.3) is 5.91 Å². The van der Waals surface area contributed by atoms with Crippen LogP contribution >= 0.6 is 0 Å². The lowest BCUT2D eigenvalue weighted by Crippen LogP contribution is -2.51. The van der Waals surface area contributed by atoms with Crippen molar-refractivity contribution in [2.45, 2.75) is 25.9 Å². The maximum Gasteiger partial charge on any atom is 0.261 e. The van der Waals surface area contributed by atoms with E-state index in [4.69, 9.17) is 4.74 Å². The number of benzene rings is 3. The van der Waals surface area contributed by atoms with E-state index in [0.29, 0.717) is 25.3 Å². The van der Waals surface area contributed by atoms with Crippen LogP contribution in [0.2, 0.25) is 0 Å². The zero-order valence-corrected chi connectivity index (χ0v) is 17.7. The molecule has 0 aliphatic carbocycles. The smallest absolute Gasteiger partial charge is 0.261 e. The third kappa shape index (κ3) is 6.71. The van der Waals surface area contributed by atoms with Crippen LogP contribution in [0, 0.1) is 0 Å². The van der Waals surface area contributed by atoms with Crippen LogP contribution in [0.4, 0.5) is 0 Å². The molecule has 1 N–H and O–H groups in total. The number of ether oxygens (including phenoxy) is 1. The van der Waals surface area contributed by atoms with Crippen LogP contribution in [-0.4, -0.2) is 35.9 Å². The van der Waals surface area contributed by atoms with Gasteiger partial charge in [-0.25, -0.2) is 0 Å². The van der Waals surface area contributed by atoms with Crippen LogP contribution in [0.1, 0.15) is 18.1 Å². The fourth-order valence-electron chi connectivity index (χ4n) is 3.37. The van der Waals surface area contributed by atoms with Crippen LogP contribution in [0.25, 0.3) is 0 Å². The molecule has 160 valence electrons. The lowest BCUT2D eigenvalue weighted by atomic mass is 10.0. The van der Waals surface area contributed by atoms with E-state index >= 15 is 0 Å². The van der Waals surface area contributed by atoms with Crippen molar-refractivity contribution in [1.29, 1.82) is 0 Å². The van der Waals surface area contributed by atoms with Crippen molar-refractivity contribution in [2.75, 3.05) is 13.2 Å². The molecule has 2 amide bonds. The molecule has 5 heteroatoms. The molecule has 0 unspecified atom stereocenters. The van der Waals surface area contributed by atoms with E-state index in [2.05, 4.69) is 5.32 Å². The fourth-order valence-corrected chi connectivity index (χ4v) is 3.37. The summed E-state index contributed by atoms with van der Waals surface area (Å²) in [5, 5.41) is 2.89. The molecule has 0 aliphatic rings. The Morgan fingerprint density at radius 1 is 0.839 bits per heavy atom. The number of nitrogens with zero attached hydrogens (tertiary/aromatic N) is 1. The topological polar surface area (TPSA) is 58.6 Å². The predicted octanol–water partition coefficient (Wildman–Crippen LogP) is 3.84. The molecule has 0 aliphatic heterocycles. The number of hydrogen-bond donors (Lipinski definition) is 1. The summed E-state index contributed by atoms with van der Waals surface area (Å²) in [7, 11) is 0. The van der Waals surface area contributed by atoms with E-state index in [0.717, 1.165) is 11.1 Å². The minimum atomic E-state index is -0.644. The number of carbonyl (C=O) groups is 2. The van der Waals surface area contributed by atoms with Crippen molar-refractivity contribution in [2.24, 2.45) is 0 Å². The molecule has 3 aromatic rings. The zero-order chi connectivity index (χ0) is 21.9. The largest absolute Gasteiger partial charge is 0.484 e. The second kappa shape index (κ2) is 11.6. The van der Waals surface area contributed by atoms with Crippen LogP contribution in [0.5, 0.6) is 5.75 Å². The third-order valence-corrected chi connectivity index (χ3v) is 4.92. The van der Waals surface area contributed by atoms with Crippen LogP contribution < -0.4 is 10.1 Å². The Labute approximate surface area is 183 Å². The van der Waals surface area contributed by atoms with Gasteiger partial charge in [-0.3, -0.25) is 9.59 Å². The molecule has 3 rings (SSSR count). The second-order valence-corrected chi connectivity index (χ2v) is 7.21. The highest BCUT2D eigenvalue weighted by molar-refractivity contribution is 5.88. The number of rotatable bonds is 10. The third-order valence-electron chi connectivity index (χ3n) is 4.92. The van der Waals surface area contributed by atoms with Gasteiger partial charge in [0.05, 0.1) is 0 Å². The van der Waals surface area contributed by atoms with E-state index in [1.165, 1.54) is 0 Å². The predicted molar refractivity (Wildman–Crippen MR) is 122 cm³/mol. The molecule has 0 saturated heterocycles. The highest BCUT2D eigenvalue weighted by Crippen LogP contribution is 2.16. The summed E-state index contributed by atoms with van der Waals surface area (Å²) in [5.74, 6) is 0.211. The molecule has 3 aromatic carbocycles. The Morgan fingerprint density at radius 3 is 1.97 bits per heavy atom. The van der Waals surface area contributed by atoms with Gasteiger partial charge in [-0.05, 0) is 30.2 Å². The summed E-state index contributed by atoms with van der Waals surface area (Å²) >= 11 is 0. The normalized spacial score (nSPS) is 11.4. The molecule has 31 heavy (non-hydrogen) atoms. The molecule has 5 nitrogen and oxygen atoms in total. The summed E-state index contributed by atoms with van der Waals surface area (Å²) in [6.07, 6.45) is 0.427. The Kier molecular flexibility index (Phi) is 8.23. The van der Waals surface area contributed by atoms with Crippen molar-refractivity contribution in [3.8, 4) is 5.75 Å². The minimum absolute atomic E-state index is 0.137. The first-order chi connectivity index (χ1) is 15.2. The summed E-state index contributed by atoms with van der Waals surface area (Å²) < 4.78 is 5.70. The van der Waals surface area contributed by atoms with Gasteiger partial charge in [-0.1, -0.05) is 78.9 Å². The molecule has 0 aromatic heterocycles. The van der Waals surface area contributed by atoms with Crippen LogP contribution in [0.3, 0.4) is 0 Å². The molecule has 0 heterocycles. The first-order valence-corrected chi connectivity index (χ1v) is 10.5. The van der Waals surface area contributed by atoms with Crippen molar-refractivity contribution in [3.63, 3.8) is 0 Å². The average molecular weight is 417 g/mol. The van der Waals surface area contributed by atoms with E-state index in [1.54, 1.807) is 17.0 Å². The van der Waals surface area contributed by atoms with Gasteiger partial charge in [0, 0.05) is 19.5 Å². The number of nitrogens with one attached hydrogen (secondary N) is 1. The van der Waals surface area contributed by atoms with Crippen molar-refractivity contribution in [3.05, 3.63) is 102 Å². The summed E-state index contributed by atoms with van der Waals surface area (Å²) in [6.45, 7) is 2.56. The Morgan fingerprint density at radius 2 is 1.39 bits per heavy atom. The van der Waals surface area contributed by atoms with Gasteiger partial charge in [0.15, 0.2) is 6.61 Å². The molecule has 1 atom stereocenters. The average Bonchev–Trinajstić information content (AvgIpc) is 2.82. The second-order valence-electron chi connectivity index (χ2n) is 7.21. The molecular weight excluding hydrogens is 388 g/mol. The monoisotopic (exact) mass is 416 g/mol. The standard InChI is InChI=1S/C26H28N2O3/c1-2-27-26(30)24(18-21-12-6-3-7-13-21)28(19-22-14-8-4-9-15-22)25(29)20-31-23-16-10-5-11-17-23/h3-17,24H,2,18-20H2,1H3,(H,27,30)/t24-/m1/s1. The Bertz CT molecular complexity index is 946. The summed E-state index contributed by atoms with van der Waals surface area (Å²) in [5.41, 5.74) is 1.95. The van der Waals surface area contributed by atoms with Gasteiger partial charge in [-0.15, -0.1) is 0 Å². The number of carbonyl (C=O) groups excluding carboxylic acids is 2. The van der Waals surface area contributed by atoms with Gasteiger partial charge in [0.2, 0.25) is 5.91 Å². The molecule has 0 radical (unpaired) electrons. The maximum atomic E-state index is 13.3. The molecule has 0 saturated carbocycles. The molecule has 0 bridgehead atoms. The first-order valence-electron chi connectivity index (χ1n) is 10.5. The number of hydrogen-bond acceptors (Lipinski definition) is 3. The molecular formula is C26H28N2O3. The Hall–Kier alpha value is -3.60. The highest BCUT2D eigenvalue weighted by atomic mass is 16.5. The minimum Gasteiger partial charge on any atom is -0.484 e. The zero-order valence-electron chi connectivity index (χ0n) is 17.7. The highest BCUT2D eigenvalue weighted by Gasteiger charge is 2.30. The quantitative estimate of drug-likeness (QED) is 0.546. The lowest BCUT2D eigenvalue weighted by molar-refractivity contribution is -0.142. The van der Waals surface area contributed by atoms with E-state index in [1.807, 2.05) is 85.8 Å². The summed E-state index contributed by atoms with van der Waals surface area (Å²) in [4.78, 5) is 27.9. The molecule has 0 fully saturated rings. The van der Waals surface area contributed by atoms with Gasteiger partial charge in [-0.2, -0.15) is 0 Å². The number of amides is 2. The van der Waals surface area contributed by atoms with Gasteiger partial charge >= 0.3 is 0 Å². The number of para-hydroxylation sites is 1. The van der Waals surface area contributed by atoms with Crippen LogP contribution in [-0.2, 0) is 22.6 Å².